The highest BCUT2D eigenvalue weighted by Crippen LogP contribution is 2.25. The molecule has 1 atom stereocenters. The molecule has 9 nitrogen and oxygen atoms in total. The number of amides is 1. The number of nitrogens with zero attached hydrogens (tertiary/aromatic N) is 1. The third kappa shape index (κ3) is 4.72. The third-order valence-electron chi connectivity index (χ3n) is 3.72. The van der Waals surface area contributed by atoms with Crippen molar-refractivity contribution in [1.29, 1.82) is 0 Å². The molecule has 0 aliphatic rings. The predicted octanol–water partition coefficient (Wildman–Crippen LogP) is 2.83. The van der Waals surface area contributed by atoms with Crippen LogP contribution in [0.3, 0.4) is 0 Å². The number of nitro benzene ring substituents is 1. The summed E-state index contributed by atoms with van der Waals surface area (Å²) in [6.07, 6.45) is -1.13. The quantitative estimate of drug-likeness (QED) is 0.435. The maximum Gasteiger partial charge on any atom is 0.341 e. The number of non-ortho nitro benzene ring substituents is 1. The van der Waals surface area contributed by atoms with Gasteiger partial charge in [-0.15, -0.1) is 0 Å². The van der Waals surface area contributed by atoms with Gasteiger partial charge in [-0.3, -0.25) is 14.9 Å². The smallest absolute Gasteiger partial charge is 0.341 e. The van der Waals surface area contributed by atoms with Crippen molar-refractivity contribution in [3.05, 3.63) is 58.1 Å². The second-order valence-electron chi connectivity index (χ2n) is 5.47. The van der Waals surface area contributed by atoms with Gasteiger partial charge in [0.2, 0.25) is 0 Å². The van der Waals surface area contributed by atoms with E-state index in [0.717, 1.165) is 6.07 Å². The van der Waals surface area contributed by atoms with Crippen LogP contribution >= 0.6 is 0 Å². The largest absolute Gasteiger partial charge is 0.495 e. The summed E-state index contributed by atoms with van der Waals surface area (Å²) in [6.45, 7) is 1.40. The van der Waals surface area contributed by atoms with Crippen LogP contribution in [0.25, 0.3) is 0 Å². The molecule has 2 aromatic rings. The Labute approximate surface area is 155 Å². The Bertz CT molecular complexity index is 868. The summed E-state index contributed by atoms with van der Waals surface area (Å²) in [7, 11) is 3.03. The van der Waals surface area contributed by atoms with Gasteiger partial charge >= 0.3 is 5.97 Å². The molecule has 0 unspecified atom stereocenters. The topological polar surface area (TPSA) is 120 Å². The highest BCUT2D eigenvalue weighted by Gasteiger charge is 2.23. The molecule has 0 aliphatic heterocycles. The fourth-order valence-corrected chi connectivity index (χ4v) is 2.29. The zero-order valence-electron chi connectivity index (χ0n) is 15.0. The second-order valence-corrected chi connectivity index (χ2v) is 5.47. The number of hydrogen-bond acceptors (Lipinski definition) is 7. The molecule has 9 heteroatoms. The molecule has 0 saturated heterocycles. The molecule has 0 aliphatic carbocycles. The lowest BCUT2D eigenvalue weighted by Crippen LogP contribution is -2.30. The summed E-state index contributed by atoms with van der Waals surface area (Å²) < 4.78 is 10.3. The van der Waals surface area contributed by atoms with E-state index in [4.69, 9.17) is 9.47 Å². The van der Waals surface area contributed by atoms with E-state index in [1.54, 1.807) is 31.3 Å². The van der Waals surface area contributed by atoms with Crippen LogP contribution in [0, 0.1) is 10.1 Å². The van der Waals surface area contributed by atoms with Crippen molar-refractivity contribution in [2.24, 2.45) is 0 Å². The fraction of sp³-hybridized carbons (Fsp3) is 0.222. The van der Waals surface area contributed by atoms with Gasteiger partial charge in [-0.1, -0.05) is 12.1 Å². The Morgan fingerprint density at radius 1 is 1.15 bits per heavy atom. The average molecular weight is 373 g/mol. The highest BCUT2D eigenvalue weighted by molar-refractivity contribution is 6.00. The lowest BCUT2D eigenvalue weighted by atomic mass is 10.1. The number of carbonyl (C=O) groups is 2. The number of hydrogen-bond donors (Lipinski definition) is 2. The molecule has 142 valence electrons. The molecule has 0 heterocycles. The standard InChI is InChI=1S/C18H19N3O6/c1-11(17(22)20-15-6-4-5-7-16(15)26-3)27-18(23)13-10-12(21(24)25)8-9-14(13)19-2/h4-11,19H,1-3H3,(H,20,22)/t11-/m0/s1. The molecule has 0 bridgehead atoms. The SMILES string of the molecule is CNc1ccc([N+](=O)[O-])cc1C(=O)O[C@@H](C)C(=O)Nc1ccccc1OC. The molecule has 0 aromatic heterocycles. The summed E-state index contributed by atoms with van der Waals surface area (Å²) in [5.41, 5.74) is 0.484. The van der Waals surface area contributed by atoms with Gasteiger partial charge < -0.3 is 20.1 Å². The molecule has 0 spiro atoms. The molecule has 2 N–H and O–H groups in total. The summed E-state index contributed by atoms with van der Waals surface area (Å²) in [6, 6.07) is 10.5. The van der Waals surface area contributed by atoms with Crippen LogP contribution in [-0.4, -0.2) is 37.1 Å². The normalized spacial score (nSPS) is 11.2. The van der Waals surface area contributed by atoms with Gasteiger partial charge in [-0.05, 0) is 25.1 Å². The van der Waals surface area contributed by atoms with E-state index in [2.05, 4.69) is 10.6 Å². The van der Waals surface area contributed by atoms with Gasteiger partial charge in [0.1, 0.15) is 5.75 Å². The van der Waals surface area contributed by atoms with Crippen molar-refractivity contribution in [2.45, 2.75) is 13.0 Å². The number of nitro groups is 1. The summed E-state index contributed by atoms with van der Waals surface area (Å²) in [5, 5.41) is 16.3. The van der Waals surface area contributed by atoms with E-state index in [-0.39, 0.29) is 11.3 Å². The number of nitrogens with one attached hydrogen (secondary N) is 2. The molecule has 0 saturated carbocycles. The molecule has 1 amide bonds. The lowest BCUT2D eigenvalue weighted by molar-refractivity contribution is -0.384. The van der Waals surface area contributed by atoms with Crippen LogP contribution in [0.4, 0.5) is 17.1 Å². The molecular formula is C18H19N3O6. The minimum atomic E-state index is -1.13. The Morgan fingerprint density at radius 3 is 2.48 bits per heavy atom. The maximum absolute atomic E-state index is 12.4. The van der Waals surface area contributed by atoms with Crippen molar-refractivity contribution in [1.82, 2.24) is 0 Å². The van der Waals surface area contributed by atoms with Gasteiger partial charge in [-0.25, -0.2) is 4.79 Å². The number of esters is 1. The first-order chi connectivity index (χ1) is 12.9. The zero-order chi connectivity index (χ0) is 20.0. The fourth-order valence-electron chi connectivity index (χ4n) is 2.29. The van der Waals surface area contributed by atoms with Crippen LogP contribution < -0.4 is 15.4 Å². The third-order valence-corrected chi connectivity index (χ3v) is 3.72. The van der Waals surface area contributed by atoms with Crippen molar-refractivity contribution in [3.8, 4) is 5.75 Å². The summed E-state index contributed by atoms with van der Waals surface area (Å²) >= 11 is 0. The van der Waals surface area contributed by atoms with Gasteiger partial charge in [0.05, 0.1) is 23.3 Å². The number of benzene rings is 2. The van der Waals surface area contributed by atoms with Crippen LogP contribution in [0.15, 0.2) is 42.5 Å². The summed E-state index contributed by atoms with van der Waals surface area (Å²) in [4.78, 5) is 35.0. The average Bonchev–Trinajstić information content (AvgIpc) is 2.67. The number of methoxy groups -OCH3 is 1. The van der Waals surface area contributed by atoms with E-state index in [1.807, 2.05) is 0 Å². The van der Waals surface area contributed by atoms with Crippen molar-refractivity contribution >= 4 is 28.9 Å². The monoisotopic (exact) mass is 373 g/mol. The van der Waals surface area contributed by atoms with Crippen molar-refractivity contribution in [2.75, 3.05) is 24.8 Å². The van der Waals surface area contributed by atoms with Crippen molar-refractivity contribution < 1.29 is 24.0 Å². The number of anilines is 2. The van der Waals surface area contributed by atoms with E-state index >= 15 is 0 Å². The van der Waals surface area contributed by atoms with Gasteiger partial charge in [0.15, 0.2) is 6.10 Å². The van der Waals surface area contributed by atoms with E-state index in [1.165, 1.54) is 26.2 Å². The molecule has 2 aromatic carbocycles. The second kappa shape index (κ2) is 8.65. The molecular weight excluding hydrogens is 354 g/mol. The Kier molecular flexibility index (Phi) is 6.32. The van der Waals surface area contributed by atoms with E-state index in [9.17, 15) is 19.7 Å². The molecule has 2 rings (SSSR count). The zero-order valence-corrected chi connectivity index (χ0v) is 15.0. The van der Waals surface area contributed by atoms with Crippen LogP contribution in [0.2, 0.25) is 0 Å². The molecule has 0 fully saturated rings. The molecule has 0 radical (unpaired) electrons. The first kappa shape index (κ1) is 19.7. The van der Waals surface area contributed by atoms with E-state index in [0.29, 0.717) is 17.1 Å². The summed E-state index contributed by atoms with van der Waals surface area (Å²) in [5.74, 6) is -0.962. The number of rotatable bonds is 7. The Hall–Kier alpha value is -3.62. The van der Waals surface area contributed by atoms with Crippen LogP contribution in [-0.2, 0) is 9.53 Å². The maximum atomic E-state index is 12.4. The lowest BCUT2D eigenvalue weighted by Gasteiger charge is -2.16. The first-order valence-electron chi connectivity index (χ1n) is 7.98. The van der Waals surface area contributed by atoms with Gasteiger partial charge in [-0.2, -0.15) is 0 Å². The Balaban J connectivity index is 2.14. The van der Waals surface area contributed by atoms with Crippen molar-refractivity contribution in [3.63, 3.8) is 0 Å². The minimum absolute atomic E-state index is 0.0383. The van der Waals surface area contributed by atoms with Gasteiger partial charge in [0.25, 0.3) is 11.6 Å². The number of carbonyl (C=O) groups excluding carboxylic acids is 2. The first-order valence-corrected chi connectivity index (χ1v) is 7.98. The van der Waals surface area contributed by atoms with E-state index < -0.39 is 22.9 Å². The van der Waals surface area contributed by atoms with Crippen LogP contribution in [0.1, 0.15) is 17.3 Å². The van der Waals surface area contributed by atoms with Gasteiger partial charge in [0, 0.05) is 24.9 Å². The predicted molar refractivity (Wildman–Crippen MR) is 99.1 cm³/mol. The number of para-hydroxylation sites is 2. The van der Waals surface area contributed by atoms with Crippen LogP contribution in [0.5, 0.6) is 5.75 Å². The Morgan fingerprint density at radius 2 is 1.85 bits per heavy atom. The molecule has 27 heavy (non-hydrogen) atoms. The highest BCUT2D eigenvalue weighted by atomic mass is 16.6. The number of ether oxygens (including phenoxy) is 2. The minimum Gasteiger partial charge on any atom is -0.495 e.